The summed E-state index contributed by atoms with van der Waals surface area (Å²) in [6, 6.07) is 12.0. The van der Waals surface area contributed by atoms with E-state index >= 15 is 0 Å². The summed E-state index contributed by atoms with van der Waals surface area (Å²) < 4.78 is 40.8. The zero-order valence-electron chi connectivity index (χ0n) is 19.6. The predicted octanol–water partition coefficient (Wildman–Crippen LogP) is 1.56. The summed E-state index contributed by atoms with van der Waals surface area (Å²) in [6.45, 7) is 1.91. The molecule has 0 spiro atoms. The van der Waals surface area contributed by atoms with Crippen LogP contribution in [-0.4, -0.2) is 88.8 Å². The van der Waals surface area contributed by atoms with Crippen LogP contribution in [0.5, 0.6) is 0 Å². The zero-order chi connectivity index (χ0) is 25.4. The minimum Gasteiger partial charge on any atom is -0.351 e. The van der Waals surface area contributed by atoms with Crippen molar-refractivity contribution in [1.82, 2.24) is 34.2 Å². The first-order valence-electron chi connectivity index (χ1n) is 11.1. The lowest BCUT2D eigenvalue weighted by molar-refractivity contribution is 0.0746. The normalized spacial score (nSPS) is 14.6. The summed E-state index contributed by atoms with van der Waals surface area (Å²) in [4.78, 5) is 25.5. The highest BCUT2D eigenvalue weighted by Gasteiger charge is 2.26. The molecule has 1 saturated heterocycles. The van der Waals surface area contributed by atoms with Crippen LogP contribution in [0.1, 0.15) is 10.4 Å². The molecule has 1 aliphatic rings. The first kappa shape index (κ1) is 23.8. The van der Waals surface area contributed by atoms with Crippen molar-refractivity contribution < 1.29 is 17.6 Å². The largest absolute Gasteiger partial charge is 0.351 e. The van der Waals surface area contributed by atoms with E-state index in [4.69, 9.17) is 0 Å². The number of rotatable bonds is 5. The molecule has 0 unspecified atom stereocenters. The Hall–Kier alpha value is -3.97. The second-order valence-corrected chi connectivity index (χ2v) is 10.6. The Balaban J connectivity index is 1.31. The van der Waals surface area contributed by atoms with Gasteiger partial charge in [-0.3, -0.25) is 4.79 Å². The molecule has 5 rings (SSSR count). The van der Waals surface area contributed by atoms with E-state index < -0.39 is 10.0 Å². The van der Waals surface area contributed by atoms with Crippen LogP contribution in [0.4, 0.5) is 10.2 Å². The number of fused-ring (bicyclic) bond motifs is 1. The maximum atomic E-state index is 13.7. The molecule has 0 bridgehead atoms. The van der Waals surface area contributed by atoms with E-state index in [1.165, 1.54) is 61.5 Å². The van der Waals surface area contributed by atoms with Crippen molar-refractivity contribution in [3.05, 3.63) is 66.2 Å². The molecule has 0 N–H and O–H groups in total. The minimum atomic E-state index is -3.56. The van der Waals surface area contributed by atoms with Crippen LogP contribution in [0.3, 0.4) is 0 Å². The topological polar surface area (TPSA) is 117 Å². The minimum absolute atomic E-state index is 0.132. The van der Waals surface area contributed by atoms with Crippen molar-refractivity contribution in [3.63, 3.8) is 0 Å². The summed E-state index contributed by atoms with van der Waals surface area (Å²) in [5.41, 5.74) is 1.86. The number of hydrogen-bond acceptors (Lipinski definition) is 8. The lowest BCUT2D eigenvalue weighted by Gasteiger charge is -2.35. The Bertz CT molecular complexity index is 1530. The molecule has 3 heterocycles. The van der Waals surface area contributed by atoms with Gasteiger partial charge in [0.25, 0.3) is 5.91 Å². The average Bonchev–Trinajstić information content (AvgIpc) is 3.33. The Morgan fingerprint density at radius 2 is 1.72 bits per heavy atom. The fourth-order valence-corrected chi connectivity index (χ4v) is 4.94. The first-order valence-corrected chi connectivity index (χ1v) is 12.6. The number of halogens is 1. The Morgan fingerprint density at radius 1 is 1.00 bits per heavy atom. The van der Waals surface area contributed by atoms with Gasteiger partial charge in [0.2, 0.25) is 10.0 Å². The number of hydrogen-bond donors (Lipinski definition) is 0. The first-order chi connectivity index (χ1) is 17.3. The van der Waals surface area contributed by atoms with E-state index in [-0.39, 0.29) is 16.6 Å². The lowest BCUT2D eigenvalue weighted by Crippen LogP contribution is -2.49. The van der Waals surface area contributed by atoms with Crippen molar-refractivity contribution in [3.8, 4) is 5.69 Å². The maximum Gasteiger partial charge on any atom is 0.253 e. The molecule has 0 atom stereocenters. The number of carbonyl (C=O) groups excluding carboxylic acids is 1. The van der Waals surface area contributed by atoms with Crippen molar-refractivity contribution in [2.24, 2.45) is 0 Å². The maximum absolute atomic E-state index is 13.7. The molecular weight excluding hydrogens is 487 g/mol. The Labute approximate surface area is 206 Å². The third-order valence-corrected chi connectivity index (χ3v) is 7.85. The van der Waals surface area contributed by atoms with Gasteiger partial charge < -0.3 is 9.80 Å². The molecule has 11 nitrogen and oxygen atoms in total. The zero-order valence-corrected chi connectivity index (χ0v) is 20.4. The van der Waals surface area contributed by atoms with Gasteiger partial charge in [-0.2, -0.15) is 4.68 Å². The summed E-state index contributed by atoms with van der Waals surface area (Å²) in [5, 5.41) is 8.37. The molecule has 1 fully saturated rings. The number of aromatic nitrogens is 5. The number of sulfonamides is 1. The number of nitrogens with zero attached hydrogens (tertiary/aromatic N) is 8. The number of benzene rings is 2. The third kappa shape index (κ3) is 4.27. The molecule has 13 heteroatoms. The van der Waals surface area contributed by atoms with Gasteiger partial charge >= 0.3 is 0 Å². The number of piperazine rings is 1. The van der Waals surface area contributed by atoms with Crippen LogP contribution in [0, 0.1) is 5.82 Å². The van der Waals surface area contributed by atoms with Crippen molar-refractivity contribution in [2.45, 2.75) is 4.90 Å². The summed E-state index contributed by atoms with van der Waals surface area (Å²) in [6.07, 6.45) is 1.41. The number of carbonyl (C=O) groups is 1. The summed E-state index contributed by atoms with van der Waals surface area (Å²) in [5.74, 6) is 0.0292. The fraction of sp³-hybridized carbons (Fsp3) is 0.261. The van der Waals surface area contributed by atoms with Gasteiger partial charge in [-0.15, -0.1) is 5.10 Å². The highest BCUT2D eigenvalue weighted by atomic mass is 32.2. The Kier molecular flexibility index (Phi) is 6.10. The van der Waals surface area contributed by atoms with Crippen LogP contribution in [0.15, 0.2) is 59.8 Å². The van der Waals surface area contributed by atoms with Crippen molar-refractivity contribution >= 4 is 32.9 Å². The molecule has 2 aromatic carbocycles. The highest BCUT2D eigenvalue weighted by molar-refractivity contribution is 7.89. The van der Waals surface area contributed by atoms with E-state index in [1.807, 2.05) is 4.90 Å². The SMILES string of the molecule is CN(C)S(=O)(=O)c1ccc(C(=O)N2CCN(c3ncnc4c3nnn4-c3cccc(F)c3)CC2)cc1. The van der Waals surface area contributed by atoms with Gasteiger partial charge in [0.05, 0.1) is 10.6 Å². The molecular formula is C23H23FN8O3S. The van der Waals surface area contributed by atoms with Gasteiger partial charge in [-0.25, -0.2) is 27.1 Å². The van der Waals surface area contributed by atoms with Crippen molar-refractivity contribution in [2.75, 3.05) is 45.2 Å². The number of amides is 1. The van der Waals surface area contributed by atoms with E-state index in [1.54, 1.807) is 17.0 Å². The predicted molar refractivity (Wildman–Crippen MR) is 130 cm³/mol. The fourth-order valence-electron chi connectivity index (χ4n) is 4.03. The smallest absolute Gasteiger partial charge is 0.253 e. The van der Waals surface area contributed by atoms with Gasteiger partial charge in [-0.05, 0) is 42.5 Å². The molecule has 0 aliphatic carbocycles. The molecule has 1 amide bonds. The van der Waals surface area contributed by atoms with Crippen LogP contribution < -0.4 is 4.90 Å². The van der Waals surface area contributed by atoms with E-state index in [2.05, 4.69) is 20.3 Å². The summed E-state index contributed by atoms with van der Waals surface area (Å²) >= 11 is 0. The average molecular weight is 511 g/mol. The van der Waals surface area contributed by atoms with Crippen LogP contribution in [0.2, 0.25) is 0 Å². The molecule has 0 radical (unpaired) electrons. The third-order valence-electron chi connectivity index (χ3n) is 6.02. The standard InChI is InChI=1S/C23H23FN8O3S/c1-29(2)36(34,35)19-8-6-16(7-9-19)23(33)31-12-10-30(11-13-31)21-20-22(26-15-25-21)32(28-27-20)18-5-3-4-17(24)14-18/h3-9,14-15H,10-13H2,1-2H3. The monoisotopic (exact) mass is 510 g/mol. The molecule has 1 aliphatic heterocycles. The number of anilines is 1. The molecule has 36 heavy (non-hydrogen) atoms. The van der Waals surface area contributed by atoms with Crippen LogP contribution >= 0.6 is 0 Å². The van der Waals surface area contributed by atoms with Gasteiger partial charge in [0.1, 0.15) is 12.1 Å². The van der Waals surface area contributed by atoms with Crippen molar-refractivity contribution in [1.29, 1.82) is 0 Å². The Morgan fingerprint density at radius 3 is 2.39 bits per heavy atom. The molecule has 2 aromatic heterocycles. The van der Waals surface area contributed by atoms with Crippen LogP contribution in [-0.2, 0) is 10.0 Å². The second kappa shape index (κ2) is 9.24. The quantitative estimate of drug-likeness (QED) is 0.397. The lowest BCUT2D eigenvalue weighted by atomic mass is 10.2. The van der Waals surface area contributed by atoms with E-state index in [0.29, 0.717) is 54.4 Å². The molecule has 0 saturated carbocycles. The highest BCUT2D eigenvalue weighted by Crippen LogP contribution is 2.24. The van der Waals surface area contributed by atoms with Gasteiger partial charge in [-0.1, -0.05) is 11.3 Å². The van der Waals surface area contributed by atoms with Gasteiger partial charge in [0, 0.05) is 45.8 Å². The van der Waals surface area contributed by atoms with E-state index in [9.17, 15) is 17.6 Å². The molecule has 4 aromatic rings. The van der Waals surface area contributed by atoms with E-state index in [0.717, 1.165) is 4.31 Å². The second-order valence-electron chi connectivity index (χ2n) is 8.44. The molecule has 186 valence electrons. The summed E-state index contributed by atoms with van der Waals surface area (Å²) in [7, 11) is -0.641. The van der Waals surface area contributed by atoms with Crippen LogP contribution in [0.25, 0.3) is 16.9 Å². The van der Waals surface area contributed by atoms with Gasteiger partial charge in [0.15, 0.2) is 17.0 Å².